The summed E-state index contributed by atoms with van der Waals surface area (Å²) in [5.41, 5.74) is 3.16. The maximum absolute atomic E-state index is 6.31. The molecule has 0 bridgehead atoms. The fourth-order valence-electron chi connectivity index (χ4n) is 4.50. The van der Waals surface area contributed by atoms with E-state index in [1.807, 2.05) is 0 Å². The summed E-state index contributed by atoms with van der Waals surface area (Å²) in [5.74, 6) is 0.838. The van der Waals surface area contributed by atoms with Gasteiger partial charge >= 0.3 is 0 Å². The van der Waals surface area contributed by atoms with Gasteiger partial charge in [-0.2, -0.15) is 0 Å². The number of ether oxygens (including phenoxy) is 1. The van der Waals surface area contributed by atoms with E-state index in [0.29, 0.717) is 12.1 Å². The van der Waals surface area contributed by atoms with Crippen molar-refractivity contribution in [2.45, 2.75) is 56.7 Å². The summed E-state index contributed by atoms with van der Waals surface area (Å²) in [6.45, 7) is 3.28. The molecule has 4 atom stereocenters. The van der Waals surface area contributed by atoms with E-state index < -0.39 is 0 Å². The van der Waals surface area contributed by atoms with Crippen molar-refractivity contribution in [2.24, 2.45) is 5.92 Å². The molecule has 1 aliphatic heterocycles. The summed E-state index contributed by atoms with van der Waals surface area (Å²) < 4.78 is 6.31. The van der Waals surface area contributed by atoms with E-state index in [2.05, 4.69) is 36.5 Å². The summed E-state index contributed by atoms with van der Waals surface area (Å²) >= 11 is 0. The smallest absolute Gasteiger partial charge is 0.0984 e. The summed E-state index contributed by atoms with van der Waals surface area (Å²) in [6.07, 6.45) is 6.74. The highest BCUT2D eigenvalue weighted by atomic mass is 16.5. The van der Waals surface area contributed by atoms with Crippen molar-refractivity contribution in [2.75, 3.05) is 6.61 Å². The summed E-state index contributed by atoms with van der Waals surface area (Å²) in [5, 5.41) is 3.98. The molecular weight excluding hydrogens is 234 g/mol. The highest BCUT2D eigenvalue weighted by molar-refractivity contribution is 5.37. The van der Waals surface area contributed by atoms with Gasteiger partial charge in [-0.15, -0.1) is 0 Å². The minimum Gasteiger partial charge on any atom is -0.370 e. The lowest BCUT2D eigenvalue weighted by Crippen LogP contribution is -2.60. The van der Waals surface area contributed by atoms with E-state index in [4.69, 9.17) is 4.74 Å². The van der Waals surface area contributed by atoms with Gasteiger partial charge in [0, 0.05) is 11.6 Å². The van der Waals surface area contributed by atoms with E-state index >= 15 is 0 Å². The Morgan fingerprint density at radius 1 is 1.32 bits per heavy atom. The van der Waals surface area contributed by atoms with Crippen molar-refractivity contribution < 1.29 is 4.74 Å². The zero-order chi connectivity index (χ0) is 12.9. The number of hydrogen-bond acceptors (Lipinski definition) is 2. The van der Waals surface area contributed by atoms with Crippen molar-refractivity contribution in [1.29, 1.82) is 0 Å². The normalized spacial score (nSPS) is 41.0. The molecule has 2 aliphatic carbocycles. The van der Waals surface area contributed by atoms with Crippen LogP contribution in [0.1, 0.15) is 49.8 Å². The number of rotatable bonds is 0. The summed E-state index contributed by atoms with van der Waals surface area (Å²) in [7, 11) is 0. The zero-order valence-electron chi connectivity index (χ0n) is 11.7. The van der Waals surface area contributed by atoms with Gasteiger partial charge in [-0.3, -0.25) is 0 Å². The van der Waals surface area contributed by atoms with Crippen LogP contribution in [0, 0.1) is 5.92 Å². The third-order valence-corrected chi connectivity index (χ3v) is 5.29. The van der Waals surface area contributed by atoms with Crippen LogP contribution in [-0.4, -0.2) is 18.2 Å². The first-order valence-electron chi connectivity index (χ1n) is 7.73. The van der Waals surface area contributed by atoms with Gasteiger partial charge in [0.2, 0.25) is 0 Å². The Balaban J connectivity index is 1.57. The van der Waals surface area contributed by atoms with Crippen LogP contribution >= 0.6 is 0 Å². The zero-order valence-corrected chi connectivity index (χ0v) is 11.7. The standard InChI is InChI=1S/C17H23NO/c1-12-5-4-8-17(10-12)11-19-16-14-7-3-2-6-13(14)9-15(16)18-17/h2-3,6-7,12,15-16,18H,4-5,8-11H2,1H3. The van der Waals surface area contributed by atoms with Crippen molar-refractivity contribution in [1.82, 2.24) is 5.32 Å². The minimum absolute atomic E-state index is 0.265. The third-order valence-electron chi connectivity index (χ3n) is 5.29. The van der Waals surface area contributed by atoms with Crippen molar-refractivity contribution >= 4 is 0 Å². The maximum Gasteiger partial charge on any atom is 0.0984 e. The molecule has 1 spiro atoms. The number of morpholine rings is 1. The quantitative estimate of drug-likeness (QED) is 0.770. The molecule has 0 amide bonds. The Morgan fingerprint density at radius 3 is 3.11 bits per heavy atom. The first-order valence-corrected chi connectivity index (χ1v) is 7.73. The molecule has 2 nitrogen and oxygen atoms in total. The van der Waals surface area contributed by atoms with Gasteiger partial charge in [-0.1, -0.05) is 44.0 Å². The number of benzene rings is 1. The number of hydrogen-bond donors (Lipinski definition) is 1. The molecular formula is C17H23NO. The Morgan fingerprint density at radius 2 is 2.21 bits per heavy atom. The molecule has 19 heavy (non-hydrogen) atoms. The van der Waals surface area contributed by atoms with Gasteiger partial charge in [0.1, 0.15) is 0 Å². The molecule has 1 N–H and O–H groups in total. The molecule has 1 aromatic carbocycles. The van der Waals surface area contributed by atoms with Crippen molar-refractivity contribution in [3.63, 3.8) is 0 Å². The van der Waals surface area contributed by atoms with Crippen LogP contribution < -0.4 is 5.32 Å². The molecule has 1 saturated heterocycles. The molecule has 1 heterocycles. The topological polar surface area (TPSA) is 21.3 Å². The van der Waals surface area contributed by atoms with E-state index in [9.17, 15) is 0 Å². The number of fused-ring (bicyclic) bond motifs is 3. The predicted molar refractivity (Wildman–Crippen MR) is 76.1 cm³/mol. The molecule has 4 unspecified atom stereocenters. The molecule has 2 fully saturated rings. The fourth-order valence-corrected chi connectivity index (χ4v) is 4.50. The maximum atomic E-state index is 6.31. The second-order valence-electron chi connectivity index (χ2n) is 6.87. The molecule has 102 valence electrons. The SMILES string of the molecule is CC1CCCC2(COC3c4ccccc4CC3N2)C1. The van der Waals surface area contributed by atoms with Gasteiger partial charge in [-0.05, 0) is 36.3 Å². The second-order valence-corrected chi connectivity index (χ2v) is 6.87. The van der Waals surface area contributed by atoms with E-state index in [0.717, 1.165) is 18.9 Å². The fraction of sp³-hybridized carbons (Fsp3) is 0.647. The number of nitrogens with one attached hydrogen (secondary N) is 1. The van der Waals surface area contributed by atoms with E-state index in [1.165, 1.54) is 36.8 Å². The molecule has 0 radical (unpaired) electrons. The van der Waals surface area contributed by atoms with Crippen LogP contribution in [-0.2, 0) is 11.2 Å². The molecule has 1 aromatic rings. The van der Waals surface area contributed by atoms with Crippen LogP contribution in [0.25, 0.3) is 0 Å². The van der Waals surface area contributed by atoms with Crippen LogP contribution in [0.5, 0.6) is 0 Å². The average molecular weight is 257 g/mol. The molecule has 0 aromatic heterocycles. The molecule has 1 saturated carbocycles. The first-order chi connectivity index (χ1) is 9.26. The lowest BCUT2D eigenvalue weighted by molar-refractivity contribution is -0.0742. The summed E-state index contributed by atoms with van der Waals surface area (Å²) in [4.78, 5) is 0. The average Bonchev–Trinajstić information content (AvgIpc) is 2.75. The van der Waals surface area contributed by atoms with Crippen LogP contribution in [0.2, 0.25) is 0 Å². The Bertz CT molecular complexity index is 486. The van der Waals surface area contributed by atoms with Crippen LogP contribution in [0.3, 0.4) is 0 Å². The van der Waals surface area contributed by atoms with Gasteiger partial charge in [0.15, 0.2) is 0 Å². The summed E-state index contributed by atoms with van der Waals surface area (Å²) in [6, 6.07) is 9.28. The third kappa shape index (κ3) is 1.93. The second kappa shape index (κ2) is 4.32. The molecule has 2 heteroatoms. The largest absolute Gasteiger partial charge is 0.370 e. The van der Waals surface area contributed by atoms with Crippen molar-refractivity contribution in [3.8, 4) is 0 Å². The van der Waals surface area contributed by atoms with Gasteiger partial charge < -0.3 is 10.1 Å². The highest BCUT2D eigenvalue weighted by Gasteiger charge is 2.46. The lowest BCUT2D eigenvalue weighted by atomic mass is 9.75. The Hall–Kier alpha value is -0.860. The van der Waals surface area contributed by atoms with Crippen LogP contribution in [0.4, 0.5) is 0 Å². The first kappa shape index (κ1) is 11.9. The molecule has 4 rings (SSSR count). The minimum atomic E-state index is 0.265. The Labute approximate surface area is 115 Å². The Kier molecular flexibility index (Phi) is 2.71. The van der Waals surface area contributed by atoms with E-state index in [1.54, 1.807) is 0 Å². The highest BCUT2D eigenvalue weighted by Crippen LogP contribution is 2.43. The van der Waals surface area contributed by atoms with Gasteiger partial charge in [0.25, 0.3) is 0 Å². The lowest BCUT2D eigenvalue weighted by Gasteiger charge is -2.47. The predicted octanol–water partition coefficient (Wildman–Crippen LogP) is 3.22. The van der Waals surface area contributed by atoms with Crippen LogP contribution in [0.15, 0.2) is 24.3 Å². The van der Waals surface area contributed by atoms with Crippen molar-refractivity contribution in [3.05, 3.63) is 35.4 Å². The van der Waals surface area contributed by atoms with E-state index in [-0.39, 0.29) is 5.54 Å². The van der Waals surface area contributed by atoms with Gasteiger partial charge in [0.05, 0.1) is 12.7 Å². The molecule has 3 aliphatic rings. The van der Waals surface area contributed by atoms with Gasteiger partial charge in [-0.25, -0.2) is 0 Å². The monoisotopic (exact) mass is 257 g/mol.